The van der Waals surface area contributed by atoms with Crippen LogP contribution >= 0.6 is 0 Å². The Labute approximate surface area is 78.1 Å². The third-order valence-corrected chi connectivity index (χ3v) is 3.93. The van der Waals surface area contributed by atoms with Crippen LogP contribution < -0.4 is 0 Å². The van der Waals surface area contributed by atoms with E-state index in [0.29, 0.717) is 0 Å². The van der Waals surface area contributed by atoms with Gasteiger partial charge in [0.05, 0.1) is 11.4 Å². The lowest BCUT2D eigenvalue weighted by molar-refractivity contribution is 0.611. The molecule has 3 atom stereocenters. The van der Waals surface area contributed by atoms with Gasteiger partial charge in [-0.1, -0.05) is 12.1 Å². The van der Waals surface area contributed by atoms with Crippen LogP contribution in [0.4, 0.5) is 0 Å². The summed E-state index contributed by atoms with van der Waals surface area (Å²) < 4.78 is 1.95. The summed E-state index contributed by atoms with van der Waals surface area (Å²) in [6.07, 6.45) is 3.71. The molecule has 3 rings (SSSR count). The molecule has 0 saturated heterocycles. The summed E-state index contributed by atoms with van der Waals surface area (Å²) in [4.78, 5) is 0. The quantitative estimate of drug-likeness (QED) is 0.596. The van der Waals surface area contributed by atoms with Gasteiger partial charge in [-0.3, -0.25) is 4.68 Å². The normalized spacial score (nSPS) is 36.3. The lowest BCUT2D eigenvalue weighted by Crippen LogP contribution is -2.00. The predicted octanol–water partition coefficient (Wildman–Crippen LogP) is 1.19. The van der Waals surface area contributed by atoms with Crippen LogP contribution in [0.5, 0.6) is 0 Å². The molecule has 1 fully saturated rings. The maximum absolute atomic E-state index is 4.24. The molecule has 3 heteroatoms. The molecule has 13 heavy (non-hydrogen) atoms. The second kappa shape index (κ2) is 2.34. The van der Waals surface area contributed by atoms with Crippen molar-refractivity contribution in [1.29, 1.82) is 0 Å². The molecular weight excluding hydrogens is 162 g/mol. The van der Waals surface area contributed by atoms with E-state index in [1.807, 2.05) is 11.7 Å². The molecule has 70 valence electrons. The molecule has 2 aliphatic rings. The van der Waals surface area contributed by atoms with Gasteiger partial charge in [0.2, 0.25) is 0 Å². The van der Waals surface area contributed by atoms with Gasteiger partial charge in [0.25, 0.3) is 0 Å². The second-order valence-electron chi connectivity index (χ2n) is 4.54. The zero-order valence-electron chi connectivity index (χ0n) is 8.20. The first-order chi connectivity index (χ1) is 6.27. The fraction of sp³-hybridized carbons (Fsp3) is 0.800. The van der Waals surface area contributed by atoms with Crippen molar-refractivity contribution in [2.75, 3.05) is 0 Å². The lowest BCUT2D eigenvalue weighted by Gasteiger charge is -2.00. The first-order valence-corrected chi connectivity index (χ1v) is 5.15. The van der Waals surface area contributed by atoms with E-state index < -0.39 is 0 Å². The highest BCUT2D eigenvalue weighted by molar-refractivity contribution is 5.17. The van der Waals surface area contributed by atoms with E-state index in [1.165, 1.54) is 30.7 Å². The monoisotopic (exact) mass is 177 g/mol. The van der Waals surface area contributed by atoms with Crippen LogP contribution in [-0.4, -0.2) is 15.0 Å². The van der Waals surface area contributed by atoms with Crippen molar-refractivity contribution in [3.8, 4) is 0 Å². The van der Waals surface area contributed by atoms with E-state index in [0.717, 1.165) is 17.8 Å². The Kier molecular flexibility index (Phi) is 1.35. The molecule has 1 aromatic heterocycles. The largest absolute Gasteiger partial charge is 0.252 e. The lowest BCUT2D eigenvalue weighted by atomic mass is 10.1. The molecule has 0 radical (unpaired) electrons. The number of hydrogen-bond donors (Lipinski definition) is 0. The van der Waals surface area contributed by atoms with Gasteiger partial charge in [-0.25, -0.2) is 0 Å². The van der Waals surface area contributed by atoms with Crippen molar-refractivity contribution in [2.24, 2.45) is 24.8 Å². The summed E-state index contributed by atoms with van der Waals surface area (Å²) >= 11 is 0. The Morgan fingerprint density at radius 2 is 2.23 bits per heavy atom. The summed E-state index contributed by atoms with van der Waals surface area (Å²) in [5.74, 6) is 2.84. The van der Waals surface area contributed by atoms with Crippen LogP contribution in [0.2, 0.25) is 0 Å². The summed E-state index contributed by atoms with van der Waals surface area (Å²) in [6, 6.07) is 0. The van der Waals surface area contributed by atoms with Crippen molar-refractivity contribution in [2.45, 2.75) is 26.2 Å². The highest BCUT2D eigenvalue weighted by Gasteiger charge is 2.47. The Hall–Kier alpha value is -0.860. The van der Waals surface area contributed by atoms with Crippen LogP contribution in [0.1, 0.15) is 24.7 Å². The highest BCUT2D eigenvalue weighted by Crippen LogP contribution is 2.52. The molecule has 0 amide bonds. The molecule has 0 N–H and O–H groups in total. The van der Waals surface area contributed by atoms with Crippen molar-refractivity contribution in [3.05, 3.63) is 11.4 Å². The average Bonchev–Trinajstić information content (AvgIpc) is 2.66. The number of aryl methyl sites for hydroxylation is 1. The fourth-order valence-electron chi connectivity index (χ4n) is 2.86. The smallest absolute Gasteiger partial charge is 0.0862 e. The predicted molar refractivity (Wildman–Crippen MR) is 49.2 cm³/mol. The molecule has 0 aliphatic heterocycles. The minimum absolute atomic E-state index is 0.915. The molecule has 3 nitrogen and oxygen atoms in total. The first-order valence-electron chi connectivity index (χ1n) is 5.15. The summed E-state index contributed by atoms with van der Waals surface area (Å²) in [6.45, 7) is 2.37. The number of rotatable bonds is 0. The van der Waals surface area contributed by atoms with E-state index in [-0.39, 0.29) is 0 Å². The molecule has 2 aliphatic carbocycles. The van der Waals surface area contributed by atoms with Crippen LogP contribution in [0.3, 0.4) is 0 Å². The van der Waals surface area contributed by atoms with Crippen molar-refractivity contribution < 1.29 is 0 Å². The average molecular weight is 177 g/mol. The molecule has 0 aromatic carbocycles. The maximum Gasteiger partial charge on any atom is 0.0862 e. The number of fused-ring (bicyclic) bond motifs is 2. The van der Waals surface area contributed by atoms with Crippen LogP contribution in [0.25, 0.3) is 0 Å². The van der Waals surface area contributed by atoms with Crippen molar-refractivity contribution in [3.63, 3.8) is 0 Å². The third-order valence-electron chi connectivity index (χ3n) is 3.93. The van der Waals surface area contributed by atoms with E-state index in [4.69, 9.17) is 0 Å². The number of nitrogens with zero attached hydrogens (tertiary/aromatic N) is 3. The van der Waals surface area contributed by atoms with E-state index in [9.17, 15) is 0 Å². The summed E-state index contributed by atoms with van der Waals surface area (Å²) in [5, 5.41) is 8.33. The Morgan fingerprint density at radius 1 is 1.38 bits per heavy atom. The molecule has 1 aromatic rings. The third kappa shape index (κ3) is 0.960. The molecule has 1 saturated carbocycles. The minimum atomic E-state index is 0.915. The maximum atomic E-state index is 4.24. The SMILES string of the molecule is CC1[C@H]2CCc3c(nnn3C)C[C@@H]12. The topological polar surface area (TPSA) is 30.7 Å². The van der Waals surface area contributed by atoms with E-state index in [2.05, 4.69) is 17.2 Å². The fourth-order valence-corrected chi connectivity index (χ4v) is 2.86. The van der Waals surface area contributed by atoms with Gasteiger partial charge in [0, 0.05) is 7.05 Å². The second-order valence-corrected chi connectivity index (χ2v) is 4.54. The van der Waals surface area contributed by atoms with Gasteiger partial charge in [0.15, 0.2) is 0 Å². The van der Waals surface area contributed by atoms with Gasteiger partial charge in [-0.05, 0) is 37.0 Å². The molecular formula is C10H15N3. The zero-order valence-corrected chi connectivity index (χ0v) is 8.20. The number of hydrogen-bond acceptors (Lipinski definition) is 2. The standard InChI is InChI=1S/C10H15N3/c1-6-7-3-4-10-9(5-8(6)7)11-12-13(10)2/h6-8H,3-5H2,1-2H3/t6?,7-,8+/m1/s1. The minimum Gasteiger partial charge on any atom is -0.252 e. The molecule has 1 heterocycles. The van der Waals surface area contributed by atoms with Gasteiger partial charge in [-0.2, -0.15) is 0 Å². The molecule has 1 unspecified atom stereocenters. The zero-order chi connectivity index (χ0) is 9.00. The molecule has 0 spiro atoms. The highest BCUT2D eigenvalue weighted by atomic mass is 15.4. The Balaban J connectivity index is 1.95. The Bertz CT molecular complexity index is 342. The van der Waals surface area contributed by atoms with Gasteiger partial charge < -0.3 is 0 Å². The van der Waals surface area contributed by atoms with Crippen LogP contribution in [0, 0.1) is 17.8 Å². The number of aromatic nitrogens is 3. The van der Waals surface area contributed by atoms with Gasteiger partial charge >= 0.3 is 0 Å². The van der Waals surface area contributed by atoms with Gasteiger partial charge in [-0.15, -0.1) is 5.10 Å². The van der Waals surface area contributed by atoms with Crippen LogP contribution in [0.15, 0.2) is 0 Å². The van der Waals surface area contributed by atoms with Crippen molar-refractivity contribution in [1.82, 2.24) is 15.0 Å². The Morgan fingerprint density at radius 3 is 3.08 bits per heavy atom. The summed E-state index contributed by atoms with van der Waals surface area (Å²) in [7, 11) is 2.01. The molecule has 0 bridgehead atoms. The van der Waals surface area contributed by atoms with Crippen LogP contribution in [-0.2, 0) is 19.9 Å². The van der Waals surface area contributed by atoms with E-state index in [1.54, 1.807) is 0 Å². The first kappa shape index (κ1) is 7.54. The summed E-state index contributed by atoms with van der Waals surface area (Å²) in [5.41, 5.74) is 2.64. The van der Waals surface area contributed by atoms with E-state index >= 15 is 0 Å². The van der Waals surface area contributed by atoms with Crippen molar-refractivity contribution >= 4 is 0 Å². The van der Waals surface area contributed by atoms with Gasteiger partial charge in [0.1, 0.15) is 0 Å².